The van der Waals surface area contributed by atoms with Crippen LogP contribution in [0.5, 0.6) is 0 Å². The van der Waals surface area contributed by atoms with Gasteiger partial charge in [0.1, 0.15) is 0 Å². The smallest absolute Gasteiger partial charge is 0.269 e. The molecular weight excluding hydrogens is 368 g/mol. The summed E-state index contributed by atoms with van der Waals surface area (Å²) in [5.41, 5.74) is 1.68. The van der Waals surface area contributed by atoms with Gasteiger partial charge in [-0.25, -0.2) is 4.98 Å². The molecule has 0 saturated carbocycles. The Morgan fingerprint density at radius 2 is 2.04 bits per heavy atom. The van der Waals surface area contributed by atoms with Crippen LogP contribution in [-0.4, -0.2) is 47.0 Å². The number of nitro groups is 1. The van der Waals surface area contributed by atoms with Crippen molar-refractivity contribution in [3.05, 3.63) is 50.5 Å². The van der Waals surface area contributed by atoms with E-state index in [0.717, 1.165) is 35.8 Å². The average molecular weight is 388 g/mol. The molecule has 0 bridgehead atoms. The highest BCUT2D eigenvalue weighted by molar-refractivity contribution is 7.16. The molecule has 3 rings (SSSR count). The van der Waals surface area contributed by atoms with Gasteiger partial charge in [-0.1, -0.05) is 17.4 Å². The third kappa shape index (κ3) is 5.43. The highest BCUT2D eigenvalue weighted by Gasteiger charge is 2.16. The van der Waals surface area contributed by atoms with E-state index in [2.05, 4.69) is 15.2 Å². The molecule has 1 aromatic heterocycles. The molecule has 1 N–H and O–H groups in total. The largest absolute Gasteiger partial charge is 0.379 e. The Bertz CT molecular complexity index is 842. The number of benzene rings is 1. The van der Waals surface area contributed by atoms with Crippen LogP contribution in [0.25, 0.3) is 12.2 Å². The molecule has 1 amide bonds. The van der Waals surface area contributed by atoms with Crippen molar-refractivity contribution in [1.82, 2.24) is 9.88 Å². The number of carbonyl (C=O) groups is 1. The number of carbonyl (C=O) groups excluding carboxylic acids is 1. The molecule has 1 aromatic carbocycles. The molecule has 1 fully saturated rings. The number of nitro benzene ring substituents is 1. The summed E-state index contributed by atoms with van der Waals surface area (Å²) < 4.78 is 5.38. The maximum absolute atomic E-state index is 11.3. The number of non-ortho nitro benzene ring substituents is 1. The maximum Gasteiger partial charge on any atom is 0.269 e. The van der Waals surface area contributed by atoms with Gasteiger partial charge < -0.3 is 10.1 Å². The summed E-state index contributed by atoms with van der Waals surface area (Å²) in [5, 5.41) is 14.0. The maximum atomic E-state index is 11.3. The minimum atomic E-state index is -0.423. The zero-order chi connectivity index (χ0) is 19.2. The molecule has 9 heteroatoms. The predicted octanol–water partition coefficient (Wildman–Crippen LogP) is 3.01. The fourth-order valence-electron chi connectivity index (χ4n) is 2.66. The summed E-state index contributed by atoms with van der Waals surface area (Å²) >= 11 is 1.46. The van der Waals surface area contributed by atoms with Crippen LogP contribution >= 0.6 is 11.3 Å². The first-order valence-electron chi connectivity index (χ1n) is 8.51. The van der Waals surface area contributed by atoms with Crippen LogP contribution in [0.4, 0.5) is 10.8 Å². The van der Waals surface area contributed by atoms with E-state index in [1.54, 1.807) is 12.1 Å². The Morgan fingerprint density at radius 1 is 1.33 bits per heavy atom. The van der Waals surface area contributed by atoms with Crippen molar-refractivity contribution in [1.29, 1.82) is 0 Å². The second kappa shape index (κ2) is 8.85. The van der Waals surface area contributed by atoms with Gasteiger partial charge in [0.15, 0.2) is 5.13 Å². The van der Waals surface area contributed by atoms with Crippen LogP contribution in [0, 0.1) is 10.1 Å². The number of nitrogens with zero attached hydrogens (tertiary/aromatic N) is 3. The van der Waals surface area contributed by atoms with Crippen molar-refractivity contribution in [2.24, 2.45) is 0 Å². The number of aromatic nitrogens is 1. The lowest BCUT2D eigenvalue weighted by atomic mass is 10.2. The highest BCUT2D eigenvalue weighted by Crippen LogP contribution is 2.27. The Balaban J connectivity index is 1.79. The van der Waals surface area contributed by atoms with E-state index in [0.29, 0.717) is 18.3 Å². The molecule has 1 aliphatic rings. The van der Waals surface area contributed by atoms with Gasteiger partial charge in [0.25, 0.3) is 5.69 Å². The van der Waals surface area contributed by atoms with Crippen molar-refractivity contribution in [3.63, 3.8) is 0 Å². The summed E-state index contributed by atoms with van der Waals surface area (Å²) in [4.78, 5) is 29.5. The molecule has 142 valence electrons. The average Bonchev–Trinajstić information content (AvgIpc) is 3.01. The number of anilines is 1. The van der Waals surface area contributed by atoms with Gasteiger partial charge in [0.2, 0.25) is 5.91 Å². The molecule has 0 atom stereocenters. The van der Waals surface area contributed by atoms with Gasteiger partial charge in [-0.2, -0.15) is 0 Å². The summed E-state index contributed by atoms with van der Waals surface area (Å²) in [6.07, 6.45) is 3.73. The van der Waals surface area contributed by atoms with Crippen LogP contribution in [0.1, 0.15) is 23.1 Å². The number of hydrogen-bond acceptors (Lipinski definition) is 7. The van der Waals surface area contributed by atoms with E-state index in [1.165, 1.54) is 30.4 Å². The lowest BCUT2D eigenvalue weighted by Gasteiger charge is -2.26. The minimum absolute atomic E-state index is 0.0572. The van der Waals surface area contributed by atoms with E-state index in [1.807, 2.05) is 12.2 Å². The molecule has 0 unspecified atom stereocenters. The topological polar surface area (TPSA) is 97.6 Å². The number of rotatable bonds is 6. The first-order valence-corrected chi connectivity index (χ1v) is 9.33. The fourth-order valence-corrected chi connectivity index (χ4v) is 3.69. The van der Waals surface area contributed by atoms with Gasteiger partial charge in [0, 0.05) is 43.6 Å². The van der Waals surface area contributed by atoms with Gasteiger partial charge >= 0.3 is 0 Å². The van der Waals surface area contributed by atoms with Crippen LogP contribution in [-0.2, 0) is 16.1 Å². The zero-order valence-corrected chi connectivity index (χ0v) is 15.7. The van der Waals surface area contributed by atoms with Crippen molar-refractivity contribution in [3.8, 4) is 0 Å². The van der Waals surface area contributed by atoms with Crippen LogP contribution < -0.4 is 5.32 Å². The summed E-state index contributed by atoms with van der Waals surface area (Å²) in [5.74, 6) is -0.160. The van der Waals surface area contributed by atoms with E-state index >= 15 is 0 Å². The Kier molecular flexibility index (Phi) is 6.28. The number of nitrogens with one attached hydrogen (secondary N) is 1. The number of morpholine rings is 1. The van der Waals surface area contributed by atoms with E-state index in [4.69, 9.17) is 4.74 Å². The number of amides is 1. The second-order valence-electron chi connectivity index (χ2n) is 6.08. The Hall–Kier alpha value is -2.62. The molecule has 0 spiro atoms. The Labute approximate surface area is 160 Å². The van der Waals surface area contributed by atoms with Crippen molar-refractivity contribution < 1.29 is 14.5 Å². The molecule has 8 nitrogen and oxygen atoms in total. The van der Waals surface area contributed by atoms with Crippen molar-refractivity contribution in [2.45, 2.75) is 13.5 Å². The van der Waals surface area contributed by atoms with E-state index < -0.39 is 4.92 Å². The molecule has 0 aliphatic carbocycles. The SMILES string of the molecule is CC(=O)Nc1nc(/C=C\c2ccc([N+](=O)[O-])cc2)c(CN2CCOCC2)s1. The normalized spacial score (nSPS) is 15.1. The third-order valence-electron chi connectivity index (χ3n) is 4.02. The first-order chi connectivity index (χ1) is 13.0. The van der Waals surface area contributed by atoms with Gasteiger partial charge in [-0.05, 0) is 23.8 Å². The number of ether oxygens (including phenoxy) is 1. The van der Waals surface area contributed by atoms with Gasteiger partial charge in [0.05, 0.1) is 23.8 Å². The minimum Gasteiger partial charge on any atom is -0.379 e. The van der Waals surface area contributed by atoms with Gasteiger partial charge in [-0.15, -0.1) is 0 Å². The highest BCUT2D eigenvalue weighted by atomic mass is 32.1. The van der Waals surface area contributed by atoms with E-state index in [-0.39, 0.29) is 11.6 Å². The first kappa shape index (κ1) is 19.2. The third-order valence-corrected chi connectivity index (χ3v) is 4.99. The summed E-state index contributed by atoms with van der Waals surface area (Å²) in [6, 6.07) is 6.32. The fraction of sp³-hybridized carbons (Fsp3) is 0.333. The van der Waals surface area contributed by atoms with Crippen molar-refractivity contribution in [2.75, 3.05) is 31.6 Å². The van der Waals surface area contributed by atoms with E-state index in [9.17, 15) is 14.9 Å². The summed E-state index contributed by atoms with van der Waals surface area (Å²) in [6.45, 7) is 5.34. The number of hydrogen-bond donors (Lipinski definition) is 1. The Morgan fingerprint density at radius 3 is 2.67 bits per heavy atom. The zero-order valence-electron chi connectivity index (χ0n) is 14.9. The van der Waals surface area contributed by atoms with Crippen LogP contribution in [0.3, 0.4) is 0 Å². The molecule has 1 saturated heterocycles. The lowest BCUT2D eigenvalue weighted by Crippen LogP contribution is -2.35. The molecular formula is C18H20N4O4S. The monoisotopic (exact) mass is 388 g/mol. The number of thiazole rings is 1. The quantitative estimate of drug-likeness (QED) is 0.603. The standard InChI is InChI=1S/C18H20N4O4S/c1-13(23)19-18-20-16(17(27-18)12-21-8-10-26-11-9-21)7-4-14-2-5-15(6-3-14)22(24)25/h2-7H,8-12H2,1H3,(H,19,20,23)/b7-4-. The summed E-state index contributed by atoms with van der Waals surface area (Å²) in [7, 11) is 0. The molecule has 1 aliphatic heterocycles. The predicted molar refractivity (Wildman–Crippen MR) is 105 cm³/mol. The molecule has 0 radical (unpaired) electrons. The van der Waals surface area contributed by atoms with Crippen LogP contribution in [0.2, 0.25) is 0 Å². The van der Waals surface area contributed by atoms with Crippen molar-refractivity contribution >= 4 is 40.2 Å². The second-order valence-corrected chi connectivity index (χ2v) is 7.16. The molecule has 2 heterocycles. The van der Waals surface area contributed by atoms with Gasteiger partial charge in [-0.3, -0.25) is 19.8 Å². The molecule has 27 heavy (non-hydrogen) atoms. The molecule has 2 aromatic rings. The lowest BCUT2D eigenvalue weighted by molar-refractivity contribution is -0.384. The van der Waals surface area contributed by atoms with Crippen LogP contribution in [0.15, 0.2) is 24.3 Å².